The molecule has 35 heavy (non-hydrogen) atoms. The molecule has 2 saturated heterocycles. The summed E-state index contributed by atoms with van der Waals surface area (Å²) in [7, 11) is 1.63. The van der Waals surface area contributed by atoms with Gasteiger partial charge >= 0.3 is 0 Å². The second-order valence-electron chi connectivity index (χ2n) is 8.67. The lowest BCUT2D eigenvalue weighted by Crippen LogP contribution is -2.73. The van der Waals surface area contributed by atoms with Crippen LogP contribution in [0.1, 0.15) is 33.0 Å². The number of aliphatic hydroxyl groups excluding tert-OH is 1. The minimum atomic E-state index is -0.292. The van der Waals surface area contributed by atoms with Crippen LogP contribution in [-0.4, -0.2) is 70.6 Å². The molecule has 176 valence electrons. The van der Waals surface area contributed by atoms with E-state index in [2.05, 4.69) is 16.8 Å². The first-order chi connectivity index (χ1) is 17.1. The van der Waals surface area contributed by atoms with E-state index in [1.54, 1.807) is 35.2 Å². The Hall–Kier alpha value is -4.15. The van der Waals surface area contributed by atoms with Crippen LogP contribution in [-0.2, 0) is 4.79 Å². The van der Waals surface area contributed by atoms with Crippen LogP contribution in [0.25, 0.3) is 0 Å². The number of fused-ring (bicyclic) bond motifs is 1. The first-order valence-electron chi connectivity index (χ1n) is 11.5. The van der Waals surface area contributed by atoms with Crippen molar-refractivity contribution in [3.8, 4) is 17.6 Å². The third-order valence-electron chi connectivity index (χ3n) is 6.68. The number of pyridine rings is 1. The lowest BCUT2D eigenvalue weighted by Gasteiger charge is -2.58. The summed E-state index contributed by atoms with van der Waals surface area (Å²) in [6.45, 7) is 0.301. The number of aromatic nitrogens is 1. The molecule has 2 aliphatic rings. The Morgan fingerprint density at radius 3 is 2.37 bits per heavy atom. The first kappa shape index (κ1) is 22.6. The van der Waals surface area contributed by atoms with Crippen molar-refractivity contribution in [2.24, 2.45) is 0 Å². The first-order valence-corrected chi connectivity index (χ1v) is 11.5. The van der Waals surface area contributed by atoms with Gasteiger partial charge in [0, 0.05) is 36.0 Å². The van der Waals surface area contributed by atoms with Gasteiger partial charge in [-0.25, -0.2) is 0 Å². The minimum Gasteiger partial charge on any atom is -0.497 e. The van der Waals surface area contributed by atoms with Gasteiger partial charge < -0.3 is 19.6 Å². The van der Waals surface area contributed by atoms with Gasteiger partial charge in [0.1, 0.15) is 12.3 Å². The van der Waals surface area contributed by atoms with Crippen LogP contribution in [0.3, 0.4) is 0 Å². The number of hydrogen-bond donors (Lipinski definition) is 1. The number of carbonyl (C=O) groups is 2. The van der Waals surface area contributed by atoms with Crippen molar-refractivity contribution in [2.45, 2.75) is 18.0 Å². The van der Waals surface area contributed by atoms with E-state index in [1.165, 1.54) is 6.20 Å². The van der Waals surface area contributed by atoms with E-state index in [0.29, 0.717) is 12.1 Å². The SMILES string of the molecule is COc1ccc(C#Cc2ccc([C@H]3[C@@H](CO)N4C(=O)CN(C(=O)c5cccnc5)C[C@H]34)cc2)cc1. The minimum absolute atomic E-state index is 0.00728. The van der Waals surface area contributed by atoms with Crippen LogP contribution in [0.4, 0.5) is 0 Å². The highest BCUT2D eigenvalue weighted by Crippen LogP contribution is 2.43. The highest BCUT2D eigenvalue weighted by atomic mass is 16.5. The summed E-state index contributed by atoms with van der Waals surface area (Å²) in [6.07, 6.45) is 3.12. The van der Waals surface area contributed by atoms with Crippen molar-refractivity contribution in [3.05, 3.63) is 95.3 Å². The number of piperazine rings is 1. The van der Waals surface area contributed by atoms with Gasteiger partial charge in [0.25, 0.3) is 5.91 Å². The predicted octanol–water partition coefficient (Wildman–Crippen LogP) is 2.30. The van der Waals surface area contributed by atoms with Gasteiger partial charge in [0.15, 0.2) is 0 Å². The lowest BCUT2D eigenvalue weighted by atomic mass is 9.73. The van der Waals surface area contributed by atoms with Crippen LogP contribution in [0.5, 0.6) is 5.75 Å². The maximum atomic E-state index is 12.9. The van der Waals surface area contributed by atoms with Gasteiger partial charge in [-0.05, 0) is 54.1 Å². The second-order valence-corrected chi connectivity index (χ2v) is 8.67. The Balaban J connectivity index is 1.33. The quantitative estimate of drug-likeness (QED) is 0.596. The molecule has 2 fully saturated rings. The van der Waals surface area contributed by atoms with Crippen LogP contribution < -0.4 is 4.74 Å². The molecule has 2 aromatic carbocycles. The molecule has 0 saturated carbocycles. The molecule has 7 nitrogen and oxygen atoms in total. The number of benzene rings is 2. The molecule has 3 heterocycles. The van der Waals surface area contributed by atoms with Gasteiger partial charge in [-0.15, -0.1) is 0 Å². The number of ether oxygens (including phenoxy) is 1. The molecule has 3 aromatic rings. The third kappa shape index (κ3) is 4.36. The van der Waals surface area contributed by atoms with E-state index in [-0.39, 0.29) is 43.0 Å². The smallest absolute Gasteiger partial charge is 0.255 e. The molecule has 2 amide bonds. The molecule has 5 rings (SSSR count). The number of aliphatic hydroxyl groups is 1. The lowest BCUT2D eigenvalue weighted by molar-refractivity contribution is -0.159. The number of amides is 2. The van der Waals surface area contributed by atoms with Gasteiger partial charge in [0.2, 0.25) is 5.91 Å². The van der Waals surface area contributed by atoms with Gasteiger partial charge in [-0.2, -0.15) is 0 Å². The fraction of sp³-hybridized carbons (Fsp3) is 0.250. The average Bonchev–Trinajstić information content (AvgIpc) is 2.89. The summed E-state index contributed by atoms with van der Waals surface area (Å²) < 4.78 is 5.17. The van der Waals surface area contributed by atoms with E-state index in [0.717, 1.165) is 22.4 Å². The number of rotatable bonds is 4. The van der Waals surface area contributed by atoms with Crippen LogP contribution in [0.15, 0.2) is 73.1 Å². The number of methoxy groups -OCH3 is 1. The molecule has 3 atom stereocenters. The second kappa shape index (κ2) is 9.61. The third-order valence-corrected chi connectivity index (χ3v) is 6.68. The van der Waals surface area contributed by atoms with Crippen molar-refractivity contribution in [1.82, 2.24) is 14.8 Å². The van der Waals surface area contributed by atoms with E-state index in [1.807, 2.05) is 48.5 Å². The molecule has 0 spiro atoms. The Morgan fingerprint density at radius 2 is 1.77 bits per heavy atom. The summed E-state index contributed by atoms with van der Waals surface area (Å²) >= 11 is 0. The Morgan fingerprint density at radius 1 is 1.09 bits per heavy atom. The standard InChI is InChI=1S/C28H25N3O4/c1-35-23-12-8-20(9-13-23)5-4-19-6-10-21(11-7-19)27-24-16-30(17-26(33)31(24)25(27)18-32)28(34)22-3-2-14-29-15-22/h2-3,6-15,24-25,27,32H,16-18H2,1H3/t24-,25-,27-/m1/s1. The summed E-state index contributed by atoms with van der Waals surface area (Å²) in [5, 5.41) is 10.0. The molecule has 0 radical (unpaired) electrons. The zero-order valence-corrected chi connectivity index (χ0v) is 19.3. The van der Waals surface area contributed by atoms with E-state index in [4.69, 9.17) is 4.74 Å². The number of carbonyl (C=O) groups excluding carboxylic acids is 2. The Bertz CT molecular complexity index is 1280. The number of nitrogens with zero attached hydrogens (tertiary/aromatic N) is 3. The molecule has 0 bridgehead atoms. The zero-order chi connectivity index (χ0) is 24.4. The highest BCUT2D eigenvalue weighted by molar-refractivity contribution is 5.97. The van der Waals surface area contributed by atoms with E-state index < -0.39 is 0 Å². The summed E-state index contributed by atoms with van der Waals surface area (Å²) in [6, 6.07) is 18.4. The molecule has 0 unspecified atom stereocenters. The number of hydrogen-bond acceptors (Lipinski definition) is 5. The normalized spacial score (nSPS) is 20.9. The van der Waals surface area contributed by atoms with Crippen molar-refractivity contribution in [1.29, 1.82) is 0 Å². The monoisotopic (exact) mass is 467 g/mol. The van der Waals surface area contributed by atoms with Gasteiger partial charge in [-0.3, -0.25) is 14.6 Å². The van der Waals surface area contributed by atoms with Crippen LogP contribution in [0.2, 0.25) is 0 Å². The van der Waals surface area contributed by atoms with Gasteiger partial charge in [0.05, 0.1) is 31.4 Å². The van der Waals surface area contributed by atoms with Gasteiger partial charge in [-0.1, -0.05) is 24.0 Å². The molecular weight excluding hydrogens is 442 g/mol. The maximum absolute atomic E-state index is 12.9. The van der Waals surface area contributed by atoms with Crippen molar-refractivity contribution in [2.75, 3.05) is 26.8 Å². The fourth-order valence-corrected chi connectivity index (χ4v) is 4.93. The van der Waals surface area contributed by atoms with Crippen LogP contribution in [0, 0.1) is 11.8 Å². The summed E-state index contributed by atoms with van der Waals surface area (Å²) in [5.41, 5.74) is 3.24. The van der Waals surface area contributed by atoms with Crippen molar-refractivity contribution in [3.63, 3.8) is 0 Å². The summed E-state index contributed by atoms with van der Waals surface area (Å²) in [5.74, 6) is 6.69. The van der Waals surface area contributed by atoms with Crippen molar-refractivity contribution >= 4 is 11.8 Å². The zero-order valence-electron chi connectivity index (χ0n) is 19.3. The predicted molar refractivity (Wildman–Crippen MR) is 130 cm³/mol. The fourth-order valence-electron chi connectivity index (χ4n) is 4.93. The molecule has 1 N–H and O–H groups in total. The van der Waals surface area contributed by atoms with E-state index in [9.17, 15) is 14.7 Å². The molecule has 1 aromatic heterocycles. The van der Waals surface area contributed by atoms with Crippen LogP contribution >= 0.6 is 0 Å². The Labute approximate surface area is 204 Å². The largest absolute Gasteiger partial charge is 0.497 e. The molecular formula is C28H25N3O4. The van der Waals surface area contributed by atoms with Crippen molar-refractivity contribution < 1.29 is 19.4 Å². The van der Waals surface area contributed by atoms with E-state index >= 15 is 0 Å². The Kier molecular flexibility index (Phi) is 6.21. The molecule has 0 aliphatic carbocycles. The maximum Gasteiger partial charge on any atom is 0.255 e. The highest BCUT2D eigenvalue weighted by Gasteiger charge is 2.54. The molecule has 7 heteroatoms. The summed E-state index contributed by atoms with van der Waals surface area (Å²) in [4.78, 5) is 33.1. The average molecular weight is 468 g/mol. The molecule has 2 aliphatic heterocycles. The topological polar surface area (TPSA) is 83.0 Å².